The molecule has 2 aromatic rings. The zero-order valence-electron chi connectivity index (χ0n) is 14.1. The Morgan fingerprint density at radius 2 is 1.35 bits per heavy atom. The molecule has 0 spiro atoms. The largest absolute Gasteiger partial charge is 0.591 e. The van der Waals surface area contributed by atoms with Gasteiger partial charge in [-0.1, -0.05) is 0 Å². The van der Waals surface area contributed by atoms with E-state index >= 15 is 0 Å². The molecule has 8 heteroatoms. The van der Waals surface area contributed by atoms with Gasteiger partial charge in [0.15, 0.2) is 17.2 Å². The number of hydrogen-bond acceptors (Lipinski definition) is 6. The van der Waals surface area contributed by atoms with Crippen molar-refractivity contribution in [2.24, 2.45) is 0 Å². The lowest BCUT2D eigenvalue weighted by Gasteiger charge is -2.32. The first-order valence-corrected chi connectivity index (χ1v) is 8.52. The van der Waals surface area contributed by atoms with E-state index in [-0.39, 0.29) is 23.1 Å². The third-order valence-electron chi connectivity index (χ3n) is 4.39. The molecule has 0 heterocycles. The second-order valence-electron chi connectivity index (χ2n) is 6.33. The minimum Gasteiger partial charge on any atom is -0.591 e. The molecular weight excluding hydrogens is 340 g/mol. The Morgan fingerprint density at radius 1 is 0.808 bits per heavy atom. The van der Waals surface area contributed by atoms with Crippen molar-refractivity contribution in [3.8, 4) is 17.2 Å². The molecule has 0 amide bonds. The molecule has 26 heavy (non-hydrogen) atoms. The van der Waals surface area contributed by atoms with Crippen LogP contribution in [0.1, 0.15) is 25.7 Å². The molecule has 1 aliphatic carbocycles. The summed E-state index contributed by atoms with van der Waals surface area (Å²) < 4.78 is 0. The summed E-state index contributed by atoms with van der Waals surface area (Å²) in [7, 11) is 0. The molecule has 4 N–H and O–H groups in total. The van der Waals surface area contributed by atoms with Crippen LogP contribution in [0.15, 0.2) is 48.5 Å². The van der Waals surface area contributed by atoms with Gasteiger partial charge in [-0.25, -0.2) is 0 Å². The molecule has 8 nitrogen and oxygen atoms in total. The Morgan fingerprint density at radius 3 is 1.92 bits per heavy atom. The van der Waals surface area contributed by atoms with Crippen LogP contribution in [0.5, 0.6) is 17.2 Å². The van der Waals surface area contributed by atoms with Crippen LogP contribution in [0, 0.1) is 10.4 Å². The molecule has 0 aliphatic heterocycles. The normalized spacial score (nSPS) is 22.4. The Labute approximate surface area is 150 Å². The van der Waals surface area contributed by atoms with Gasteiger partial charge in [0.2, 0.25) is 0 Å². The highest BCUT2D eigenvalue weighted by Gasteiger charge is 2.25. The molecule has 0 bridgehead atoms. The number of nitrogens with one attached hydrogen (secondary N) is 2. The second-order valence-corrected chi connectivity index (χ2v) is 6.33. The van der Waals surface area contributed by atoms with E-state index in [0.29, 0.717) is 42.9 Å². The van der Waals surface area contributed by atoms with Crippen molar-refractivity contribution in [3.63, 3.8) is 0 Å². The van der Waals surface area contributed by atoms with Gasteiger partial charge in [-0.3, -0.25) is 0 Å². The van der Waals surface area contributed by atoms with Crippen LogP contribution in [0.25, 0.3) is 0 Å². The lowest BCUT2D eigenvalue weighted by atomic mass is 9.94. The Balaban J connectivity index is 1.53. The predicted molar refractivity (Wildman–Crippen MR) is 92.4 cm³/mol. The number of phenols is 1. The Kier molecular flexibility index (Phi) is 5.92. The van der Waals surface area contributed by atoms with Crippen LogP contribution in [-0.4, -0.2) is 22.4 Å². The van der Waals surface area contributed by atoms with Crippen LogP contribution >= 0.6 is 0 Å². The maximum atomic E-state index is 12.1. The van der Waals surface area contributed by atoms with Crippen LogP contribution in [0.2, 0.25) is 0 Å². The van der Waals surface area contributed by atoms with Crippen LogP contribution in [-0.2, 0) is 0 Å². The number of quaternary nitrogens is 2. The van der Waals surface area contributed by atoms with E-state index in [1.807, 2.05) is 0 Å². The topological polar surface area (TPSA) is 114 Å². The van der Waals surface area contributed by atoms with Gasteiger partial charge in [-0.05, 0) is 49.2 Å². The lowest BCUT2D eigenvalue weighted by Crippen LogP contribution is -3.13. The van der Waals surface area contributed by atoms with Crippen molar-refractivity contribution in [2.75, 3.05) is 0 Å². The number of aliphatic hydroxyl groups is 1. The molecular formula is C18H22N2O6. The van der Waals surface area contributed by atoms with Crippen molar-refractivity contribution < 1.29 is 30.3 Å². The molecule has 2 atom stereocenters. The molecule has 2 unspecified atom stereocenters. The number of benzene rings is 2. The summed E-state index contributed by atoms with van der Waals surface area (Å²) in [5.74, 6) is 0.773. The molecule has 1 saturated carbocycles. The minimum atomic E-state index is -0.546. The quantitative estimate of drug-likeness (QED) is 0.436. The zero-order valence-corrected chi connectivity index (χ0v) is 14.1. The van der Waals surface area contributed by atoms with E-state index in [4.69, 9.17) is 9.68 Å². The third kappa shape index (κ3) is 4.84. The first-order valence-electron chi connectivity index (χ1n) is 8.52. The zero-order chi connectivity index (χ0) is 18.5. The predicted octanol–water partition coefficient (Wildman–Crippen LogP) is 0.380. The van der Waals surface area contributed by atoms with Crippen molar-refractivity contribution in [1.82, 2.24) is 0 Å². The maximum Gasteiger partial charge on any atom is 0.191 e. The molecule has 0 saturated heterocycles. The van der Waals surface area contributed by atoms with Gasteiger partial charge in [-0.2, -0.15) is 5.23 Å². The van der Waals surface area contributed by atoms with Crippen molar-refractivity contribution in [2.45, 2.75) is 37.8 Å². The molecule has 140 valence electrons. The molecule has 2 aromatic carbocycles. The molecule has 1 aliphatic rings. The van der Waals surface area contributed by atoms with Gasteiger partial charge in [-0.15, -0.1) is 5.23 Å². The van der Waals surface area contributed by atoms with E-state index in [2.05, 4.69) is 0 Å². The van der Waals surface area contributed by atoms with E-state index in [9.17, 15) is 20.6 Å². The van der Waals surface area contributed by atoms with E-state index in [1.165, 1.54) is 24.3 Å². The standard InChI is InChI=1S/C18H22N2O6/c21-15-5-1-13(2-6-15)19(23)25-17-9-11-18(12-10-17)26-20(24)14-3-7-16(22)8-4-14/h1-2,5-6,9-12,14,16,19-22H,3-4,7-8H2. The van der Waals surface area contributed by atoms with Crippen LogP contribution in [0.3, 0.4) is 0 Å². The number of aliphatic hydroxyl groups excluding tert-OH is 1. The van der Waals surface area contributed by atoms with E-state index in [1.54, 1.807) is 24.3 Å². The Bertz CT molecular complexity index is 686. The van der Waals surface area contributed by atoms with E-state index in [0.717, 1.165) is 0 Å². The molecule has 3 rings (SSSR count). The first-order chi connectivity index (χ1) is 12.5. The molecule has 0 radical (unpaired) electrons. The van der Waals surface area contributed by atoms with Crippen LogP contribution < -0.4 is 20.1 Å². The van der Waals surface area contributed by atoms with Gasteiger partial charge in [0.05, 0.1) is 6.10 Å². The first kappa shape index (κ1) is 18.4. The fraction of sp³-hybridized carbons (Fsp3) is 0.333. The highest BCUT2D eigenvalue weighted by Crippen LogP contribution is 2.19. The average molecular weight is 362 g/mol. The summed E-state index contributed by atoms with van der Waals surface area (Å²) in [5, 5.41) is 42.0. The SMILES string of the molecule is [O-][NH+](Oc1ccc(O[NH+]([O-])C2CCC(O)CC2)cc1)c1ccc(O)cc1. The minimum absolute atomic E-state index is 0.0696. The van der Waals surface area contributed by atoms with Gasteiger partial charge in [0.1, 0.15) is 11.8 Å². The van der Waals surface area contributed by atoms with Gasteiger partial charge >= 0.3 is 0 Å². The smallest absolute Gasteiger partial charge is 0.191 e. The maximum absolute atomic E-state index is 12.1. The summed E-state index contributed by atoms with van der Waals surface area (Å²) in [6.45, 7) is 0. The summed E-state index contributed by atoms with van der Waals surface area (Å²) in [4.78, 5) is 10.6. The highest BCUT2D eigenvalue weighted by molar-refractivity contribution is 5.35. The number of aromatic hydroxyl groups is 1. The summed E-state index contributed by atoms with van der Waals surface area (Å²) in [5.41, 5.74) is 0.317. The van der Waals surface area contributed by atoms with E-state index < -0.39 is 5.23 Å². The summed E-state index contributed by atoms with van der Waals surface area (Å²) in [6, 6.07) is 11.8. The number of hydrogen-bond donors (Lipinski definition) is 4. The monoisotopic (exact) mass is 362 g/mol. The fourth-order valence-electron chi connectivity index (χ4n) is 2.85. The number of rotatable bonds is 6. The van der Waals surface area contributed by atoms with Gasteiger partial charge < -0.3 is 30.3 Å². The van der Waals surface area contributed by atoms with Crippen molar-refractivity contribution in [3.05, 3.63) is 58.9 Å². The van der Waals surface area contributed by atoms with Crippen molar-refractivity contribution >= 4 is 5.69 Å². The number of hydroxylamine groups is 2. The van der Waals surface area contributed by atoms with Gasteiger partial charge in [0, 0.05) is 25.0 Å². The van der Waals surface area contributed by atoms with Gasteiger partial charge in [0.25, 0.3) is 0 Å². The lowest BCUT2D eigenvalue weighted by molar-refractivity contribution is -1.04. The molecule has 1 fully saturated rings. The highest BCUT2D eigenvalue weighted by atomic mass is 16.9. The average Bonchev–Trinajstić information content (AvgIpc) is 2.64. The summed E-state index contributed by atoms with van der Waals surface area (Å²) in [6.07, 6.45) is 2.17. The third-order valence-corrected chi connectivity index (χ3v) is 4.39. The van der Waals surface area contributed by atoms with Crippen LogP contribution in [0.4, 0.5) is 5.69 Å². The fourth-order valence-corrected chi connectivity index (χ4v) is 2.85. The summed E-state index contributed by atoms with van der Waals surface area (Å²) >= 11 is 0. The Hall–Kier alpha value is -2.36. The number of phenolic OH excluding ortho intramolecular Hbond substituents is 1. The molecule has 0 aromatic heterocycles. The second kappa shape index (κ2) is 8.35. The van der Waals surface area contributed by atoms with Crippen molar-refractivity contribution in [1.29, 1.82) is 0 Å².